The minimum absolute atomic E-state index is 0.0715. The number of Topliss-reactive ketones (excluding diaryl/α,β-unsaturated/α-hetero) is 1. The average Bonchev–Trinajstić information content (AvgIpc) is 2.68. The number of ketones is 1. The second-order valence-corrected chi connectivity index (χ2v) is 6.18. The maximum absolute atomic E-state index is 12.3. The normalized spacial score (nSPS) is 12.7. The van der Waals surface area contributed by atoms with E-state index in [2.05, 4.69) is 0 Å². The fourth-order valence-corrected chi connectivity index (χ4v) is 3.43. The molecule has 0 aliphatic rings. The van der Waals surface area contributed by atoms with Crippen LogP contribution in [0.15, 0.2) is 10.5 Å². The second-order valence-electron chi connectivity index (χ2n) is 4.12. The van der Waals surface area contributed by atoms with E-state index in [0.717, 1.165) is 6.07 Å². The van der Waals surface area contributed by atoms with Crippen LogP contribution in [0.3, 0.4) is 0 Å². The fraction of sp³-hybridized carbons (Fsp3) is 0.583. The first-order valence-corrected chi connectivity index (χ1v) is 7.94. The highest BCUT2D eigenvalue weighted by molar-refractivity contribution is 7.53. The standard InChI is InChI=1S/C12H16F3O5P/c1-4-18-21(17,19-5-2)7-9-6-10(20-8(9)3)11(16)12(13,14)15/h6H,4-5,7H2,1-3H3. The maximum Gasteiger partial charge on any atom is 0.458 e. The molecule has 120 valence electrons. The number of alkyl halides is 3. The number of rotatable bonds is 7. The molecule has 0 saturated carbocycles. The SMILES string of the molecule is CCOP(=O)(Cc1cc(C(=O)C(F)(F)F)oc1C)OCC. The van der Waals surface area contributed by atoms with Crippen molar-refractivity contribution >= 4 is 13.4 Å². The van der Waals surface area contributed by atoms with Crippen LogP contribution in [0.5, 0.6) is 0 Å². The number of aryl methyl sites for hydroxylation is 1. The van der Waals surface area contributed by atoms with E-state index in [1.165, 1.54) is 6.92 Å². The summed E-state index contributed by atoms with van der Waals surface area (Å²) in [5, 5.41) is 0. The first kappa shape index (κ1) is 17.9. The van der Waals surface area contributed by atoms with E-state index in [0.29, 0.717) is 0 Å². The summed E-state index contributed by atoms with van der Waals surface area (Å²) in [5.74, 6) is -2.85. The summed E-state index contributed by atoms with van der Waals surface area (Å²) in [5.41, 5.74) is 0.188. The summed E-state index contributed by atoms with van der Waals surface area (Å²) >= 11 is 0. The van der Waals surface area contributed by atoms with Crippen LogP contribution < -0.4 is 0 Å². The molecule has 5 nitrogen and oxygen atoms in total. The molecule has 0 fully saturated rings. The monoisotopic (exact) mass is 328 g/mol. The van der Waals surface area contributed by atoms with Crippen molar-refractivity contribution in [2.24, 2.45) is 0 Å². The molecule has 1 heterocycles. The molecule has 9 heteroatoms. The maximum atomic E-state index is 12.3. The largest absolute Gasteiger partial charge is 0.458 e. The third kappa shape index (κ3) is 4.69. The molecule has 0 radical (unpaired) electrons. The van der Waals surface area contributed by atoms with Gasteiger partial charge in [0.15, 0.2) is 5.76 Å². The van der Waals surface area contributed by atoms with Crippen molar-refractivity contribution in [3.8, 4) is 0 Å². The van der Waals surface area contributed by atoms with Crippen molar-refractivity contribution < 1.29 is 36.0 Å². The third-order valence-corrected chi connectivity index (χ3v) is 4.55. The lowest BCUT2D eigenvalue weighted by Crippen LogP contribution is -2.22. The molecule has 0 unspecified atom stereocenters. The Morgan fingerprint density at radius 1 is 1.29 bits per heavy atom. The minimum Gasteiger partial charge on any atom is -0.458 e. The quantitative estimate of drug-likeness (QED) is 0.557. The molecule has 21 heavy (non-hydrogen) atoms. The van der Waals surface area contributed by atoms with Crippen LogP contribution >= 0.6 is 7.60 Å². The fourth-order valence-electron chi connectivity index (χ4n) is 1.66. The van der Waals surface area contributed by atoms with Gasteiger partial charge in [0.25, 0.3) is 0 Å². The molecule has 0 amide bonds. The molecule has 0 atom stereocenters. The van der Waals surface area contributed by atoms with Gasteiger partial charge in [-0.1, -0.05) is 0 Å². The Balaban J connectivity index is 3.02. The Bertz CT molecular complexity index is 540. The van der Waals surface area contributed by atoms with Crippen LogP contribution in [-0.2, 0) is 19.8 Å². The Hall–Kier alpha value is -1.11. The number of furan rings is 1. The van der Waals surface area contributed by atoms with Gasteiger partial charge in [-0.25, -0.2) is 0 Å². The van der Waals surface area contributed by atoms with Gasteiger partial charge in [0, 0.05) is 5.56 Å². The van der Waals surface area contributed by atoms with E-state index in [1.807, 2.05) is 0 Å². The highest BCUT2D eigenvalue weighted by Gasteiger charge is 2.42. The zero-order valence-electron chi connectivity index (χ0n) is 11.8. The Morgan fingerprint density at radius 2 is 1.81 bits per heavy atom. The summed E-state index contributed by atoms with van der Waals surface area (Å²) in [6.45, 7) is 4.87. The van der Waals surface area contributed by atoms with Crippen LogP contribution in [0.1, 0.15) is 35.7 Å². The molecular weight excluding hydrogens is 312 g/mol. The zero-order chi connectivity index (χ0) is 16.3. The van der Waals surface area contributed by atoms with Crippen molar-refractivity contribution in [1.29, 1.82) is 0 Å². The van der Waals surface area contributed by atoms with E-state index in [1.54, 1.807) is 13.8 Å². The molecule has 0 spiro atoms. The Labute approximate surface area is 119 Å². The van der Waals surface area contributed by atoms with Gasteiger partial charge in [-0.2, -0.15) is 13.2 Å². The van der Waals surface area contributed by atoms with Crippen LogP contribution in [0.25, 0.3) is 0 Å². The molecule has 1 aromatic rings. The van der Waals surface area contributed by atoms with Crippen molar-refractivity contribution in [1.82, 2.24) is 0 Å². The highest BCUT2D eigenvalue weighted by Crippen LogP contribution is 2.52. The summed E-state index contributed by atoms with van der Waals surface area (Å²) in [7, 11) is -3.48. The molecule has 0 N–H and O–H groups in total. The second kappa shape index (κ2) is 6.77. The summed E-state index contributed by atoms with van der Waals surface area (Å²) in [6, 6.07) is 0.926. The number of carbonyl (C=O) groups excluding carboxylic acids is 1. The van der Waals surface area contributed by atoms with Gasteiger partial charge < -0.3 is 13.5 Å². The van der Waals surface area contributed by atoms with E-state index in [9.17, 15) is 22.5 Å². The van der Waals surface area contributed by atoms with Gasteiger partial charge in [0.2, 0.25) is 0 Å². The number of halogens is 3. The molecule has 0 aromatic carbocycles. The van der Waals surface area contributed by atoms with Crippen molar-refractivity contribution in [2.75, 3.05) is 13.2 Å². The third-order valence-electron chi connectivity index (χ3n) is 2.52. The topological polar surface area (TPSA) is 65.7 Å². The highest BCUT2D eigenvalue weighted by atomic mass is 31.2. The van der Waals surface area contributed by atoms with E-state index < -0.39 is 25.3 Å². The molecule has 0 saturated heterocycles. The Morgan fingerprint density at radius 3 is 2.24 bits per heavy atom. The van der Waals surface area contributed by atoms with Gasteiger partial charge in [-0.15, -0.1) is 0 Å². The molecular formula is C12H16F3O5P. The van der Waals surface area contributed by atoms with Crippen LogP contribution in [0.2, 0.25) is 0 Å². The lowest BCUT2D eigenvalue weighted by molar-refractivity contribution is -0.0899. The molecule has 0 aliphatic heterocycles. The van der Waals surface area contributed by atoms with Crippen LogP contribution in [-0.4, -0.2) is 25.2 Å². The summed E-state index contributed by atoms with van der Waals surface area (Å²) in [6.07, 6.45) is -5.28. The van der Waals surface area contributed by atoms with Crippen molar-refractivity contribution in [3.63, 3.8) is 0 Å². The number of hydrogen-bond donors (Lipinski definition) is 0. The number of carbonyl (C=O) groups is 1. The van der Waals surface area contributed by atoms with Gasteiger partial charge in [-0.05, 0) is 26.8 Å². The van der Waals surface area contributed by atoms with Gasteiger partial charge in [-0.3, -0.25) is 9.36 Å². The average molecular weight is 328 g/mol. The van der Waals surface area contributed by atoms with E-state index in [4.69, 9.17) is 13.5 Å². The first-order chi connectivity index (χ1) is 9.63. The first-order valence-electron chi connectivity index (χ1n) is 6.22. The lowest BCUT2D eigenvalue weighted by atomic mass is 10.2. The van der Waals surface area contributed by atoms with E-state index in [-0.39, 0.29) is 30.7 Å². The Kier molecular flexibility index (Phi) is 5.78. The predicted octanol–water partition coefficient (Wildman–Crippen LogP) is 4.10. The number of hydrogen-bond acceptors (Lipinski definition) is 5. The predicted molar refractivity (Wildman–Crippen MR) is 68.4 cm³/mol. The lowest BCUT2D eigenvalue weighted by Gasteiger charge is -2.16. The summed E-state index contributed by atoms with van der Waals surface area (Å²) < 4.78 is 64.2. The molecule has 0 aliphatic carbocycles. The van der Waals surface area contributed by atoms with Gasteiger partial charge in [0.1, 0.15) is 5.76 Å². The molecule has 0 bridgehead atoms. The smallest absolute Gasteiger partial charge is 0.458 e. The van der Waals surface area contributed by atoms with E-state index >= 15 is 0 Å². The van der Waals surface area contributed by atoms with Crippen LogP contribution in [0, 0.1) is 6.92 Å². The summed E-state index contributed by atoms with van der Waals surface area (Å²) in [4.78, 5) is 11.1. The van der Waals surface area contributed by atoms with Crippen molar-refractivity contribution in [3.05, 3.63) is 23.2 Å². The van der Waals surface area contributed by atoms with Gasteiger partial charge in [0.05, 0.1) is 19.4 Å². The van der Waals surface area contributed by atoms with Gasteiger partial charge >= 0.3 is 19.6 Å². The van der Waals surface area contributed by atoms with Crippen molar-refractivity contribution in [2.45, 2.75) is 33.1 Å². The molecule has 1 rings (SSSR count). The minimum atomic E-state index is -5.02. The molecule has 1 aromatic heterocycles. The zero-order valence-corrected chi connectivity index (χ0v) is 12.7. The van der Waals surface area contributed by atoms with Crippen LogP contribution in [0.4, 0.5) is 13.2 Å².